The van der Waals surface area contributed by atoms with Gasteiger partial charge in [0, 0.05) is 11.3 Å². The summed E-state index contributed by atoms with van der Waals surface area (Å²) < 4.78 is 5.73. The first kappa shape index (κ1) is 15.2. The first-order valence-corrected chi connectivity index (χ1v) is 7.19. The van der Waals surface area contributed by atoms with E-state index in [1.807, 2.05) is 0 Å². The molecule has 0 aliphatic rings. The summed E-state index contributed by atoms with van der Waals surface area (Å²) in [6.07, 6.45) is 0. The second-order valence-electron chi connectivity index (χ2n) is 4.00. The first-order chi connectivity index (χ1) is 9.50. The Morgan fingerprint density at radius 2 is 1.90 bits per heavy atom. The fourth-order valence-corrected chi connectivity index (χ4v) is 2.39. The first-order valence-electron chi connectivity index (χ1n) is 5.64. The summed E-state index contributed by atoms with van der Waals surface area (Å²) in [6, 6.07) is 10.2. The fraction of sp³-hybridized carbons (Fsp3) is 0.0714. The number of esters is 1. The van der Waals surface area contributed by atoms with Gasteiger partial charge in [0.1, 0.15) is 6.61 Å². The van der Waals surface area contributed by atoms with Gasteiger partial charge in [-0.05, 0) is 34.1 Å². The monoisotopic (exact) mass is 373 g/mol. The second kappa shape index (κ2) is 6.48. The highest BCUT2D eigenvalue weighted by Gasteiger charge is 2.14. The van der Waals surface area contributed by atoms with Gasteiger partial charge in [0.05, 0.1) is 20.1 Å². The lowest BCUT2D eigenvalue weighted by atomic mass is 10.2. The van der Waals surface area contributed by atoms with Gasteiger partial charge in [-0.25, -0.2) is 4.79 Å². The number of anilines is 1. The molecule has 104 valence electrons. The Bertz CT molecular complexity index is 662. The van der Waals surface area contributed by atoms with Gasteiger partial charge in [-0.15, -0.1) is 0 Å². The molecular formula is C14H10BrCl2NO2. The smallest absolute Gasteiger partial charge is 0.339 e. The molecule has 2 aromatic rings. The van der Waals surface area contributed by atoms with Crippen LogP contribution in [-0.4, -0.2) is 5.97 Å². The minimum absolute atomic E-state index is 0.0411. The molecule has 20 heavy (non-hydrogen) atoms. The standard InChI is InChI=1S/C14H10BrCl2NO2/c15-12-9(4-2-6-11(12)18)14(19)20-7-8-3-1-5-10(16)13(8)17/h1-6H,7,18H2. The van der Waals surface area contributed by atoms with E-state index in [0.717, 1.165) is 0 Å². The van der Waals surface area contributed by atoms with E-state index < -0.39 is 5.97 Å². The van der Waals surface area contributed by atoms with Crippen molar-refractivity contribution in [3.8, 4) is 0 Å². The molecule has 0 spiro atoms. The van der Waals surface area contributed by atoms with Gasteiger partial charge in [-0.2, -0.15) is 0 Å². The predicted molar refractivity (Wildman–Crippen MR) is 84.1 cm³/mol. The highest BCUT2D eigenvalue weighted by molar-refractivity contribution is 9.10. The molecule has 3 nitrogen and oxygen atoms in total. The molecule has 2 N–H and O–H groups in total. The Morgan fingerprint density at radius 1 is 1.20 bits per heavy atom. The van der Waals surface area contributed by atoms with Crippen molar-refractivity contribution in [2.24, 2.45) is 0 Å². The van der Waals surface area contributed by atoms with Crippen LogP contribution in [0.15, 0.2) is 40.9 Å². The summed E-state index contributed by atoms with van der Waals surface area (Å²) in [7, 11) is 0. The average molecular weight is 375 g/mol. The highest BCUT2D eigenvalue weighted by atomic mass is 79.9. The van der Waals surface area contributed by atoms with E-state index in [1.165, 1.54) is 0 Å². The quantitative estimate of drug-likeness (QED) is 0.626. The molecule has 0 aliphatic heterocycles. The van der Waals surface area contributed by atoms with E-state index >= 15 is 0 Å². The third-order valence-corrected chi connectivity index (χ3v) is 4.38. The molecule has 6 heteroatoms. The van der Waals surface area contributed by atoms with Crippen LogP contribution >= 0.6 is 39.1 Å². The molecule has 0 saturated carbocycles. The van der Waals surface area contributed by atoms with Gasteiger partial charge in [0.25, 0.3) is 0 Å². The molecule has 0 fully saturated rings. The molecule has 2 rings (SSSR count). The van der Waals surface area contributed by atoms with Crippen LogP contribution in [0.2, 0.25) is 10.0 Å². The number of hydrogen-bond acceptors (Lipinski definition) is 3. The molecule has 0 saturated heterocycles. The van der Waals surface area contributed by atoms with Gasteiger partial charge >= 0.3 is 5.97 Å². The normalized spacial score (nSPS) is 10.3. The molecule has 0 heterocycles. The van der Waals surface area contributed by atoms with Crippen molar-refractivity contribution in [3.05, 3.63) is 62.0 Å². The van der Waals surface area contributed by atoms with E-state index in [2.05, 4.69) is 15.9 Å². The van der Waals surface area contributed by atoms with Crippen molar-refractivity contribution in [2.45, 2.75) is 6.61 Å². The molecule has 0 radical (unpaired) electrons. The van der Waals surface area contributed by atoms with Crippen molar-refractivity contribution in [1.82, 2.24) is 0 Å². The molecule has 2 aromatic carbocycles. The number of carbonyl (C=O) groups excluding carboxylic acids is 1. The van der Waals surface area contributed by atoms with Crippen molar-refractivity contribution in [2.75, 3.05) is 5.73 Å². The maximum absolute atomic E-state index is 12.0. The Labute approximate surface area is 134 Å². The molecule has 0 amide bonds. The van der Waals surface area contributed by atoms with Crippen LogP contribution in [0.5, 0.6) is 0 Å². The lowest BCUT2D eigenvalue weighted by Crippen LogP contribution is -2.07. The minimum Gasteiger partial charge on any atom is -0.457 e. The molecule has 0 unspecified atom stereocenters. The van der Waals surface area contributed by atoms with Crippen LogP contribution in [0.4, 0.5) is 5.69 Å². The zero-order valence-electron chi connectivity index (χ0n) is 10.2. The van der Waals surface area contributed by atoms with Crippen molar-refractivity contribution in [3.63, 3.8) is 0 Å². The Morgan fingerprint density at radius 3 is 2.65 bits per heavy atom. The molecule has 0 atom stereocenters. The van der Waals surface area contributed by atoms with E-state index in [0.29, 0.717) is 31.3 Å². The van der Waals surface area contributed by atoms with Crippen LogP contribution < -0.4 is 5.73 Å². The maximum atomic E-state index is 12.0. The number of nitrogens with two attached hydrogens (primary N) is 1. The third-order valence-electron chi connectivity index (χ3n) is 2.64. The van der Waals surface area contributed by atoms with Crippen LogP contribution in [0.1, 0.15) is 15.9 Å². The van der Waals surface area contributed by atoms with E-state index in [-0.39, 0.29) is 6.61 Å². The fourth-order valence-electron chi connectivity index (χ4n) is 1.59. The number of rotatable bonds is 3. The third kappa shape index (κ3) is 3.26. The molecule has 0 aliphatic carbocycles. The predicted octanol–water partition coefficient (Wildman–Crippen LogP) is 4.70. The highest BCUT2D eigenvalue weighted by Crippen LogP contribution is 2.27. The summed E-state index contributed by atoms with van der Waals surface area (Å²) in [5.41, 5.74) is 7.20. The van der Waals surface area contributed by atoms with Gasteiger partial charge in [-0.3, -0.25) is 0 Å². The summed E-state index contributed by atoms with van der Waals surface area (Å²) in [5, 5.41) is 0.805. The number of benzene rings is 2. The van der Waals surface area contributed by atoms with Crippen molar-refractivity contribution in [1.29, 1.82) is 0 Å². The number of halogens is 3. The summed E-state index contributed by atoms with van der Waals surface area (Å²) in [5.74, 6) is -0.486. The largest absolute Gasteiger partial charge is 0.457 e. The van der Waals surface area contributed by atoms with E-state index in [9.17, 15) is 4.79 Å². The van der Waals surface area contributed by atoms with Crippen LogP contribution in [0, 0.1) is 0 Å². The summed E-state index contributed by atoms with van der Waals surface area (Å²) >= 11 is 15.2. The Balaban J connectivity index is 2.13. The lowest BCUT2D eigenvalue weighted by Gasteiger charge is -2.09. The molecular weight excluding hydrogens is 365 g/mol. The van der Waals surface area contributed by atoms with Gasteiger partial charge in [0.15, 0.2) is 0 Å². The number of carbonyl (C=O) groups is 1. The van der Waals surface area contributed by atoms with Crippen LogP contribution in [0.3, 0.4) is 0 Å². The Kier molecular flexibility index (Phi) is 4.91. The Hall–Kier alpha value is -1.23. The number of hydrogen-bond donors (Lipinski definition) is 1. The topological polar surface area (TPSA) is 52.3 Å². The van der Waals surface area contributed by atoms with Crippen LogP contribution in [0.25, 0.3) is 0 Å². The summed E-state index contributed by atoms with van der Waals surface area (Å²) in [4.78, 5) is 12.0. The van der Waals surface area contributed by atoms with Crippen molar-refractivity contribution < 1.29 is 9.53 Å². The second-order valence-corrected chi connectivity index (χ2v) is 5.58. The lowest BCUT2D eigenvalue weighted by molar-refractivity contribution is 0.0472. The van der Waals surface area contributed by atoms with E-state index in [4.69, 9.17) is 33.7 Å². The van der Waals surface area contributed by atoms with E-state index in [1.54, 1.807) is 36.4 Å². The number of nitrogen functional groups attached to an aromatic ring is 1. The van der Waals surface area contributed by atoms with Gasteiger partial charge in [0.2, 0.25) is 0 Å². The van der Waals surface area contributed by atoms with Gasteiger partial charge in [-0.1, -0.05) is 41.4 Å². The zero-order chi connectivity index (χ0) is 14.7. The maximum Gasteiger partial charge on any atom is 0.339 e. The zero-order valence-corrected chi connectivity index (χ0v) is 13.3. The number of ether oxygens (including phenoxy) is 1. The SMILES string of the molecule is Nc1cccc(C(=O)OCc2cccc(Cl)c2Cl)c1Br. The van der Waals surface area contributed by atoms with Gasteiger partial charge < -0.3 is 10.5 Å². The van der Waals surface area contributed by atoms with Crippen LogP contribution in [-0.2, 0) is 11.3 Å². The molecule has 0 bridgehead atoms. The average Bonchev–Trinajstić information content (AvgIpc) is 2.43. The van der Waals surface area contributed by atoms with Crippen molar-refractivity contribution >= 4 is 50.8 Å². The molecule has 0 aromatic heterocycles. The minimum atomic E-state index is -0.486. The summed E-state index contributed by atoms with van der Waals surface area (Å²) in [6.45, 7) is 0.0411.